The van der Waals surface area contributed by atoms with Crippen molar-refractivity contribution >= 4 is 34.6 Å². The fourth-order valence-electron chi connectivity index (χ4n) is 1.92. The molecule has 0 aliphatic heterocycles. The Bertz CT molecular complexity index is 772. The number of nitrogens with zero attached hydrogens (tertiary/aromatic N) is 2. The molecule has 8 heteroatoms. The largest absolute Gasteiger partial charge is 0.378 e. The summed E-state index contributed by atoms with van der Waals surface area (Å²) in [6.45, 7) is 0. The zero-order valence-corrected chi connectivity index (χ0v) is 13.1. The van der Waals surface area contributed by atoms with E-state index in [2.05, 4.69) is 10.6 Å². The first-order valence-electron chi connectivity index (χ1n) is 7.01. The Kier molecular flexibility index (Phi) is 5.10. The molecule has 2 rings (SSSR count). The number of benzene rings is 2. The average Bonchev–Trinajstić information content (AvgIpc) is 2.55. The summed E-state index contributed by atoms with van der Waals surface area (Å²) in [4.78, 5) is 35.8. The van der Waals surface area contributed by atoms with Crippen molar-refractivity contribution in [1.82, 2.24) is 0 Å². The number of nitro benzene ring substituents is 1. The summed E-state index contributed by atoms with van der Waals surface area (Å²) >= 11 is 0. The predicted octanol–water partition coefficient (Wildman–Crippen LogP) is 2.24. The molecule has 2 aromatic rings. The van der Waals surface area contributed by atoms with Gasteiger partial charge in [0.15, 0.2) is 0 Å². The molecule has 124 valence electrons. The Morgan fingerprint density at radius 1 is 0.958 bits per heavy atom. The van der Waals surface area contributed by atoms with E-state index in [0.29, 0.717) is 5.69 Å². The highest BCUT2D eigenvalue weighted by atomic mass is 16.6. The molecule has 0 unspecified atom stereocenters. The van der Waals surface area contributed by atoms with Gasteiger partial charge in [0.25, 0.3) is 5.69 Å². The number of non-ortho nitro benzene ring substituents is 1. The van der Waals surface area contributed by atoms with Crippen LogP contribution >= 0.6 is 0 Å². The molecule has 0 aromatic heterocycles. The van der Waals surface area contributed by atoms with E-state index < -0.39 is 16.7 Å². The van der Waals surface area contributed by atoms with Gasteiger partial charge < -0.3 is 15.5 Å². The highest BCUT2D eigenvalue weighted by Gasteiger charge is 2.15. The lowest BCUT2D eigenvalue weighted by Gasteiger charge is -2.13. The Labute approximate surface area is 138 Å². The van der Waals surface area contributed by atoms with Crippen LogP contribution in [0.15, 0.2) is 48.5 Å². The number of amides is 2. The summed E-state index contributed by atoms with van der Waals surface area (Å²) in [5.41, 5.74) is 1.42. The van der Waals surface area contributed by atoms with Gasteiger partial charge in [0.05, 0.1) is 4.92 Å². The highest BCUT2D eigenvalue weighted by molar-refractivity contribution is 6.43. The summed E-state index contributed by atoms with van der Waals surface area (Å²) in [5.74, 6) is -1.77. The Balaban J connectivity index is 2.00. The van der Waals surface area contributed by atoms with Gasteiger partial charge in [-0.3, -0.25) is 19.7 Å². The molecule has 0 atom stereocenters. The van der Waals surface area contributed by atoms with Crippen LogP contribution in [0, 0.1) is 10.1 Å². The third kappa shape index (κ3) is 4.29. The van der Waals surface area contributed by atoms with Gasteiger partial charge in [0.1, 0.15) is 0 Å². The van der Waals surface area contributed by atoms with Gasteiger partial charge in [-0.2, -0.15) is 0 Å². The number of hydrogen-bond acceptors (Lipinski definition) is 5. The van der Waals surface area contributed by atoms with Crippen molar-refractivity contribution in [1.29, 1.82) is 0 Å². The van der Waals surface area contributed by atoms with Crippen molar-refractivity contribution in [3.63, 3.8) is 0 Å². The quantitative estimate of drug-likeness (QED) is 0.509. The molecule has 0 spiro atoms. The molecule has 0 aliphatic rings. The van der Waals surface area contributed by atoms with Crippen LogP contribution in [0.5, 0.6) is 0 Å². The number of carbonyl (C=O) groups is 2. The molecule has 8 nitrogen and oxygen atoms in total. The number of hydrogen-bond donors (Lipinski definition) is 2. The van der Waals surface area contributed by atoms with Crippen molar-refractivity contribution in [2.24, 2.45) is 0 Å². The van der Waals surface area contributed by atoms with E-state index >= 15 is 0 Å². The van der Waals surface area contributed by atoms with Gasteiger partial charge in [0, 0.05) is 43.3 Å². The van der Waals surface area contributed by atoms with Gasteiger partial charge in [-0.05, 0) is 30.3 Å². The van der Waals surface area contributed by atoms with E-state index in [1.54, 1.807) is 24.3 Å². The van der Waals surface area contributed by atoms with Crippen LogP contribution in [-0.4, -0.2) is 30.8 Å². The van der Waals surface area contributed by atoms with Crippen LogP contribution in [0.4, 0.5) is 22.7 Å². The third-order valence-electron chi connectivity index (χ3n) is 3.16. The zero-order chi connectivity index (χ0) is 17.7. The first-order chi connectivity index (χ1) is 11.4. The number of anilines is 3. The standard InChI is InChI=1S/C16H16N4O4/c1-19(2)13-8-6-11(7-9-13)17-15(21)16(22)18-12-4-3-5-14(10-12)20(23)24/h3-10H,1-2H3,(H,17,21)(H,18,22). The lowest BCUT2D eigenvalue weighted by molar-refractivity contribution is -0.384. The highest BCUT2D eigenvalue weighted by Crippen LogP contribution is 2.18. The molecule has 2 amide bonds. The van der Waals surface area contributed by atoms with Crippen molar-refractivity contribution in [2.75, 3.05) is 29.6 Å². The second kappa shape index (κ2) is 7.23. The molecular formula is C16H16N4O4. The molecule has 0 bridgehead atoms. The summed E-state index contributed by atoms with van der Waals surface area (Å²) in [5, 5.41) is 15.5. The van der Waals surface area contributed by atoms with Crippen LogP contribution in [0.2, 0.25) is 0 Å². The minimum absolute atomic E-state index is 0.173. The van der Waals surface area contributed by atoms with E-state index in [0.717, 1.165) is 5.69 Å². The third-order valence-corrected chi connectivity index (χ3v) is 3.16. The SMILES string of the molecule is CN(C)c1ccc(NC(=O)C(=O)Nc2cccc([N+](=O)[O-])c2)cc1. The number of nitro groups is 1. The van der Waals surface area contributed by atoms with E-state index in [-0.39, 0.29) is 11.4 Å². The molecule has 24 heavy (non-hydrogen) atoms. The number of carbonyl (C=O) groups excluding carboxylic acids is 2. The first kappa shape index (κ1) is 16.9. The first-order valence-corrected chi connectivity index (χ1v) is 7.01. The van der Waals surface area contributed by atoms with E-state index in [4.69, 9.17) is 0 Å². The second-order valence-electron chi connectivity index (χ2n) is 5.16. The van der Waals surface area contributed by atoms with Gasteiger partial charge in [-0.1, -0.05) is 6.07 Å². The van der Waals surface area contributed by atoms with Crippen molar-refractivity contribution in [2.45, 2.75) is 0 Å². The predicted molar refractivity (Wildman–Crippen MR) is 91.1 cm³/mol. The maximum Gasteiger partial charge on any atom is 0.314 e. The van der Waals surface area contributed by atoms with Gasteiger partial charge >= 0.3 is 11.8 Å². The molecular weight excluding hydrogens is 312 g/mol. The van der Waals surface area contributed by atoms with E-state index in [9.17, 15) is 19.7 Å². The molecule has 0 fully saturated rings. The fourth-order valence-corrected chi connectivity index (χ4v) is 1.92. The Morgan fingerprint density at radius 3 is 2.08 bits per heavy atom. The van der Waals surface area contributed by atoms with Crippen LogP contribution in [0.1, 0.15) is 0 Å². The summed E-state index contributed by atoms with van der Waals surface area (Å²) in [7, 11) is 3.78. The summed E-state index contributed by atoms with van der Waals surface area (Å²) in [6, 6.07) is 12.3. The van der Waals surface area contributed by atoms with Crippen LogP contribution in [0.3, 0.4) is 0 Å². The topological polar surface area (TPSA) is 105 Å². The smallest absolute Gasteiger partial charge is 0.314 e. The molecule has 0 heterocycles. The summed E-state index contributed by atoms with van der Waals surface area (Å²) < 4.78 is 0. The second-order valence-corrected chi connectivity index (χ2v) is 5.16. The molecule has 0 saturated heterocycles. The minimum Gasteiger partial charge on any atom is -0.378 e. The van der Waals surface area contributed by atoms with Gasteiger partial charge in [-0.25, -0.2) is 0 Å². The van der Waals surface area contributed by atoms with E-state index in [1.165, 1.54) is 24.3 Å². The van der Waals surface area contributed by atoms with Crippen molar-refractivity contribution < 1.29 is 14.5 Å². The van der Waals surface area contributed by atoms with Crippen LogP contribution in [-0.2, 0) is 9.59 Å². The summed E-state index contributed by atoms with van der Waals surface area (Å²) in [6.07, 6.45) is 0. The minimum atomic E-state index is -0.910. The zero-order valence-electron chi connectivity index (χ0n) is 13.1. The molecule has 0 radical (unpaired) electrons. The fraction of sp³-hybridized carbons (Fsp3) is 0.125. The lowest BCUT2D eigenvalue weighted by Crippen LogP contribution is -2.29. The van der Waals surface area contributed by atoms with Crippen LogP contribution < -0.4 is 15.5 Å². The molecule has 2 aromatic carbocycles. The van der Waals surface area contributed by atoms with E-state index in [1.807, 2.05) is 19.0 Å². The monoisotopic (exact) mass is 328 g/mol. The van der Waals surface area contributed by atoms with Crippen molar-refractivity contribution in [3.05, 3.63) is 58.6 Å². The molecule has 0 aliphatic carbocycles. The maximum atomic E-state index is 11.9. The molecule has 2 N–H and O–H groups in total. The lowest BCUT2D eigenvalue weighted by atomic mass is 10.2. The molecule has 0 saturated carbocycles. The van der Waals surface area contributed by atoms with Gasteiger partial charge in [-0.15, -0.1) is 0 Å². The normalized spacial score (nSPS) is 9.92. The van der Waals surface area contributed by atoms with Crippen LogP contribution in [0.25, 0.3) is 0 Å². The number of rotatable bonds is 4. The Morgan fingerprint density at radius 2 is 1.54 bits per heavy atom. The average molecular weight is 328 g/mol. The van der Waals surface area contributed by atoms with Gasteiger partial charge in [0.2, 0.25) is 0 Å². The number of nitrogens with one attached hydrogen (secondary N) is 2. The maximum absolute atomic E-state index is 11.9. The Hall–Kier alpha value is -3.42. The van der Waals surface area contributed by atoms with Crippen molar-refractivity contribution in [3.8, 4) is 0 Å².